The molecule has 2 N–H and O–H groups in total. The van der Waals surface area contributed by atoms with Gasteiger partial charge in [0, 0.05) is 12.1 Å². The predicted octanol–water partition coefficient (Wildman–Crippen LogP) is 1.54. The number of nitrogens with one attached hydrogen (secondary N) is 2. The normalized spacial score (nSPS) is 11.0. The van der Waals surface area contributed by atoms with Crippen molar-refractivity contribution in [2.24, 2.45) is 0 Å². The maximum absolute atomic E-state index is 12.2. The molecule has 0 unspecified atom stereocenters. The van der Waals surface area contributed by atoms with Gasteiger partial charge in [-0.3, -0.25) is 4.79 Å². The molecular weight excluding hydrogens is 344 g/mol. The van der Waals surface area contributed by atoms with E-state index in [0.29, 0.717) is 17.1 Å². The molecule has 0 atom stereocenters. The van der Waals surface area contributed by atoms with E-state index < -0.39 is 10.0 Å². The standard InChI is InChI=1S/C17H20N2O5S/c1-18-25(21,22)14-7-4-12(5-8-14)11-19-17(20)13-6-9-15(23-2)16(10-13)24-3/h4-10,18H,11H2,1-3H3,(H,19,20). The van der Waals surface area contributed by atoms with Crippen LogP contribution >= 0.6 is 0 Å². The summed E-state index contributed by atoms with van der Waals surface area (Å²) in [7, 11) is 0.911. The lowest BCUT2D eigenvalue weighted by Crippen LogP contribution is -2.23. The Bertz CT molecular complexity index is 848. The highest BCUT2D eigenvalue weighted by molar-refractivity contribution is 7.89. The van der Waals surface area contributed by atoms with Gasteiger partial charge in [0.1, 0.15) is 0 Å². The topological polar surface area (TPSA) is 93.7 Å². The Kier molecular flexibility index (Phi) is 6.00. The fourth-order valence-electron chi connectivity index (χ4n) is 2.17. The van der Waals surface area contributed by atoms with E-state index in [1.807, 2.05) is 0 Å². The minimum atomic E-state index is -3.47. The number of sulfonamides is 1. The van der Waals surface area contributed by atoms with Crippen LogP contribution in [0.3, 0.4) is 0 Å². The summed E-state index contributed by atoms with van der Waals surface area (Å²) in [6.07, 6.45) is 0. The van der Waals surface area contributed by atoms with E-state index in [0.717, 1.165) is 5.56 Å². The van der Waals surface area contributed by atoms with E-state index in [1.54, 1.807) is 30.3 Å². The van der Waals surface area contributed by atoms with E-state index >= 15 is 0 Å². The number of carbonyl (C=O) groups excluding carboxylic acids is 1. The van der Waals surface area contributed by atoms with Crippen LogP contribution in [-0.2, 0) is 16.6 Å². The van der Waals surface area contributed by atoms with Crippen LogP contribution < -0.4 is 19.5 Å². The number of rotatable bonds is 7. The fraction of sp³-hybridized carbons (Fsp3) is 0.235. The van der Waals surface area contributed by atoms with Gasteiger partial charge in [-0.15, -0.1) is 0 Å². The van der Waals surface area contributed by atoms with Crippen LogP contribution in [0.25, 0.3) is 0 Å². The summed E-state index contributed by atoms with van der Waals surface area (Å²) in [4.78, 5) is 12.4. The summed E-state index contributed by atoms with van der Waals surface area (Å²) < 4.78 is 35.9. The second-order valence-electron chi connectivity index (χ2n) is 5.10. The molecule has 2 aromatic rings. The molecule has 25 heavy (non-hydrogen) atoms. The Balaban J connectivity index is 2.05. The highest BCUT2D eigenvalue weighted by Crippen LogP contribution is 2.27. The van der Waals surface area contributed by atoms with Crippen molar-refractivity contribution in [1.29, 1.82) is 0 Å². The molecule has 0 saturated heterocycles. The summed E-state index contributed by atoms with van der Waals surface area (Å²) >= 11 is 0. The van der Waals surface area contributed by atoms with Crippen molar-refractivity contribution < 1.29 is 22.7 Å². The first-order valence-electron chi connectivity index (χ1n) is 7.44. The molecule has 0 aliphatic rings. The Morgan fingerprint density at radius 3 is 2.20 bits per heavy atom. The monoisotopic (exact) mass is 364 g/mol. The summed E-state index contributed by atoms with van der Waals surface area (Å²) in [6.45, 7) is 0.271. The first-order valence-corrected chi connectivity index (χ1v) is 8.92. The van der Waals surface area contributed by atoms with Crippen LogP contribution in [0.15, 0.2) is 47.4 Å². The third-order valence-corrected chi connectivity index (χ3v) is 5.03. The molecule has 1 amide bonds. The van der Waals surface area contributed by atoms with Gasteiger partial charge in [-0.25, -0.2) is 13.1 Å². The van der Waals surface area contributed by atoms with Gasteiger partial charge >= 0.3 is 0 Å². The third-order valence-electron chi connectivity index (χ3n) is 3.60. The SMILES string of the molecule is CNS(=O)(=O)c1ccc(CNC(=O)c2ccc(OC)c(OC)c2)cc1. The highest BCUT2D eigenvalue weighted by Gasteiger charge is 2.12. The van der Waals surface area contributed by atoms with Gasteiger partial charge in [-0.05, 0) is 42.9 Å². The quantitative estimate of drug-likeness (QED) is 0.777. The Hall–Kier alpha value is -2.58. The van der Waals surface area contributed by atoms with E-state index in [9.17, 15) is 13.2 Å². The Labute approximate surface area is 147 Å². The molecule has 134 valence electrons. The predicted molar refractivity (Wildman–Crippen MR) is 93.4 cm³/mol. The molecule has 8 heteroatoms. The maximum atomic E-state index is 12.2. The molecule has 7 nitrogen and oxygen atoms in total. The molecule has 0 spiro atoms. The zero-order valence-electron chi connectivity index (χ0n) is 14.2. The molecule has 2 rings (SSSR count). The van der Waals surface area contributed by atoms with Crippen LogP contribution in [0.2, 0.25) is 0 Å². The Morgan fingerprint density at radius 2 is 1.64 bits per heavy atom. The molecule has 0 aliphatic carbocycles. The molecule has 2 aromatic carbocycles. The number of benzene rings is 2. The van der Waals surface area contributed by atoms with Gasteiger partial charge < -0.3 is 14.8 Å². The lowest BCUT2D eigenvalue weighted by atomic mass is 10.1. The number of carbonyl (C=O) groups is 1. The van der Waals surface area contributed by atoms with Crippen molar-refractivity contribution in [3.63, 3.8) is 0 Å². The summed E-state index contributed by atoms with van der Waals surface area (Å²) in [5, 5.41) is 2.78. The largest absolute Gasteiger partial charge is 0.493 e. The zero-order valence-corrected chi connectivity index (χ0v) is 15.0. The molecule has 0 fully saturated rings. The van der Waals surface area contributed by atoms with E-state index in [1.165, 1.54) is 33.4 Å². The molecule has 0 radical (unpaired) electrons. The van der Waals surface area contributed by atoms with Crippen LogP contribution in [0.5, 0.6) is 11.5 Å². The fourth-order valence-corrected chi connectivity index (χ4v) is 2.90. The minimum absolute atomic E-state index is 0.171. The summed E-state index contributed by atoms with van der Waals surface area (Å²) in [5.74, 6) is 0.741. The van der Waals surface area contributed by atoms with Crippen LogP contribution in [-0.4, -0.2) is 35.6 Å². The first-order chi connectivity index (χ1) is 11.9. The molecule has 0 bridgehead atoms. The van der Waals surface area contributed by atoms with Crippen molar-refractivity contribution >= 4 is 15.9 Å². The number of ether oxygens (including phenoxy) is 2. The van der Waals surface area contributed by atoms with Gasteiger partial charge in [0.05, 0.1) is 19.1 Å². The van der Waals surface area contributed by atoms with Crippen LogP contribution in [0.4, 0.5) is 0 Å². The second kappa shape index (κ2) is 8.00. The number of hydrogen-bond donors (Lipinski definition) is 2. The van der Waals surface area contributed by atoms with Gasteiger partial charge in [0.2, 0.25) is 10.0 Å². The summed E-state index contributed by atoms with van der Waals surface area (Å²) in [6, 6.07) is 11.2. The first kappa shape index (κ1) is 18.8. The van der Waals surface area contributed by atoms with E-state index in [-0.39, 0.29) is 17.3 Å². The van der Waals surface area contributed by atoms with Crippen LogP contribution in [0.1, 0.15) is 15.9 Å². The minimum Gasteiger partial charge on any atom is -0.493 e. The zero-order chi connectivity index (χ0) is 18.4. The van der Waals surface area contributed by atoms with Gasteiger partial charge in [-0.1, -0.05) is 12.1 Å². The average molecular weight is 364 g/mol. The molecule has 0 aliphatic heterocycles. The molecule has 0 aromatic heterocycles. The van der Waals surface area contributed by atoms with Gasteiger partial charge in [-0.2, -0.15) is 0 Å². The Morgan fingerprint density at radius 1 is 1.00 bits per heavy atom. The third kappa shape index (κ3) is 4.49. The van der Waals surface area contributed by atoms with Crippen molar-refractivity contribution in [3.05, 3.63) is 53.6 Å². The lowest BCUT2D eigenvalue weighted by molar-refractivity contribution is 0.0950. The molecule has 0 heterocycles. The van der Waals surface area contributed by atoms with Crippen molar-refractivity contribution in [1.82, 2.24) is 10.0 Å². The highest BCUT2D eigenvalue weighted by atomic mass is 32.2. The van der Waals surface area contributed by atoms with E-state index in [2.05, 4.69) is 10.0 Å². The van der Waals surface area contributed by atoms with Gasteiger partial charge in [0.15, 0.2) is 11.5 Å². The lowest BCUT2D eigenvalue weighted by Gasteiger charge is -2.10. The molecular formula is C17H20N2O5S. The van der Waals surface area contributed by atoms with Crippen molar-refractivity contribution in [2.45, 2.75) is 11.4 Å². The second-order valence-corrected chi connectivity index (χ2v) is 6.99. The number of hydrogen-bond acceptors (Lipinski definition) is 5. The van der Waals surface area contributed by atoms with Crippen molar-refractivity contribution in [2.75, 3.05) is 21.3 Å². The van der Waals surface area contributed by atoms with Crippen molar-refractivity contribution in [3.8, 4) is 11.5 Å². The molecule has 0 saturated carbocycles. The summed E-state index contributed by atoms with van der Waals surface area (Å²) in [5.41, 5.74) is 1.22. The number of methoxy groups -OCH3 is 2. The van der Waals surface area contributed by atoms with Gasteiger partial charge in [0.25, 0.3) is 5.91 Å². The maximum Gasteiger partial charge on any atom is 0.251 e. The van der Waals surface area contributed by atoms with Crippen LogP contribution in [0, 0.1) is 0 Å². The van der Waals surface area contributed by atoms with E-state index in [4.69, 9.17) is 9.47 Å². The number of amides is 1. The smallest absolute Gasteiger partial charge is 0.251 e. The average Bonchev–Trinajstić information content (AvgIpc) is 2.65.